The molecule has 1 saturated heterocycles. The van der Waals surface area contributed by atoms with Gasteiger partial charge in [0.2, 0.25) is 0 Å². The largest absolute Gasteiger partial charge is 0.392 e. The first-order chi connectivity index (χ1) is 18.4. The number of ketones is 1. The molecule has 0 amide bonds. The van der Waals surface area contributed by atoms with Gasteiger partial charge in [0, 0.05) is 34.4 Å². The van der Waals surface area contributed by atoms with E-state index >= 15 is 0 Å². The van der Waals surface area contributed by atoms with E-state index in [0.717, 1.165) is 10.7 Å². The van der Waals surface area contributed by atoms with Crippen LogP contribution in [0.1, 0.15) is 31.7 Å². The summed E-state index contributed by atoms with van der Waals surface area (Å²) in [5, 5.41) is 4.58. The van der Waals surface area contributed by atoms with Gasteiger partial charge in [0.15, 0.2) is 5.78 Å². The number of rotatable bonds is 2. The Morgan fingerprint density at radius 1 is 0.949 bits per heavy atom. The maximum absolute atomic E-state index is 14.0. The fourth-order valence-electron chi connectivity index (χ4n) is 5.39. The molecule has 2 aromatic heterocycles. The second-order valence-electron chi connectivity index (χ2n) is 10.7. The van der Waals surface area contributed by atoms with Crippen LogP contribution >= 0.6 is 0 Å². The molecular weight excluding hydrogens is 505 g/mol. The lowest BCUT2D eigenvalue weighted by atomic mass is 9.77. The highest BCUT2D eigenvalue weighted by Crippen LogP contribution is 2.47. The van der Waals surface area contributed by atoms with E-state index in [1.165, 1.54) is 6.08 Å². The van der Waals surface area contributed by atoms with E-state index in [1.807, 2.05) is 30.4 Å². The van der Waals surface area contributed by atoms with Crippen LogP contribution in [-0.4, -0.2) is 43.9 Å². The Kier molecular flexibility index (Phi) is 5.33. The molecule has 0 aliphatic carbocycles. The summed E-state index contributed by atoms with van der Waals surface area (Å²) in [5.41, 5.74) is -2.05. The molecule has 2 aromatic rings. The number of aromatic amines is 1. The van der Waals surface area contributed by atoms with Gasteiger partial charge in [-0.1, -0.05) is 0 Å². The molecular formula is C29H25F3N6O. The first-order valence-corrected chi connectivity index (χ1v) is 12.5. The van der Waals surface area contributed by atoms with Crippen LogP contribution in [0.2, 0.25) is 0 Å². The summed E-state index contributed by atoms with van der Waals surface area (Å²) in [5.74, 6) is -0.0307. The number of alkyl halides is 3. The fourth-order valence-corrected chi connectivity index (χ4v) is 5.39. The molecule has 39 heavy (non-hydrogen) atoms. The zero-order chi connectivity index (χ0) is 27.6. The van der Waals surface area contributed by atoms with Crippen molar-refractivity contribution in [2.45, 2.75) is 44.4 Å². The molecule has 6 heterocycles. The number of hydrogen-bond acceptors (Lipinski definition) is 6. The molecule has 198 valence electrons. The normalized spacial score (nSPS) is 26.8. The highest BCUT2D eigenvalue weighted by Gasteiger charge is 2.58. The number of aliphatic imine (C=N–C) groups is 2. The van der Waals surface area contributed by atoms with Gasteiger partial charge in [-0.3, -0.25) is 9.79 Å². The lowest BCUT2D eigenvalue weighted by Gasteiger charge is -2.27. The summed E-state index contributed by atoms with van der Waals surface area (Å²) >= 11 is 0. The number of halogens is 3. The molecule has 0 saturated carbocycles. The van der Waals surface area contributed by atoms with E-state index in [-0.39, 0.29) is 5.70 Å². The van der Waals surface area contributed by atoms with E-state index in [2.05, 4.69) is 25.3 Å². The monoisotopic (exact) mass is 530 g/mol. The van der Waals surface area contributed by atoms with E-state index < -0.39 is 34.9 Å². The SMILES string of the molecule is Cc1ncc(C23C=CC(=N2)C=c2ccc([nH]2)=CC2=NC(=CC4(CC(F)(F)F)NC(=C3)C(C)(C)C4=O)C=C2)cn1. The van der Waals surface area contributed by atoms with Crippen LogP contribution in [0.15, 0.2) is 82.4 Å². The smallest absolute Gasteiger partial charge is 0.372 e. The molecule has 6 rings (SSSR count). The average molecular weight is 531 g/mol. The zero-order valence-electron chi connectivity index (χ0n) is 21.5. The molecule has 0 radical (unpaired) electrons. The van der Waals surface area contributed by atoms with Crippen molar-refractivity contribution < 1.29 is 18.0 Å². The lowest BCUT2D eigenvalue weighted by molar-refractivity contribution is -0.154. The Morgan fingerprint density at radius 2 is 1.64 bits per heavy atom. The first kappa shape index (κ1) is 25.0. The molecule has 4 aliphatic rings. The number of fused-ring (bicyclic) bond motifs is 6. The van der Waals surface area contributed by atoms with Crippen molar-refractivity contribution >= 4 is 29.4 Å². The van der Waals surface area contributed by atoms with Crippen LogP contribution in [0, 0.1) is 12.3 Å². The minimum absolute atomic E-state index is 0.275. The predicted molar refractivity (Wildman–Crippen MR) is 142 cm³/mol. The number of nitrogens with zero attached hydrogens (tertiary/aromatic N) is 4. The van der Waals surface area contributed by atoms with Crippen LogP contribution in [0.4, 0.5) is 13.2 Å². The van der Waals surface area contributed by atoms with Crippen molar-refractivity contribution in [2.75, 3.05) is 0 Å². The highest BCUT2D eigenvalue weighted by molar-refractivity contribution is 6.20. The molecule has 0 spiro atoms. The maximum Gasteiger partial charge on any atom is 0.392 e. The van der Waals surface area contributed by atoms with Gasteiger partial charge in [0.05, 0.1) is 29.0 Å². The van der Waals surface area contributed by atoms with Crippen LogP contribution in [0.3, 0.4) is 0 Å². The minimum Gasteiger partial charge on any atom is -0.372 e. The van der Waals surface area contributed by atoms with Gasteiger partial charge in [-0.05, 0) is 81.5 Å². The number of nitrogens with one attached hydrogen (secondary N) is 2. The Labute approximate surface area is 222 Å². The number of aryl methyl sites for hydroxylation is 1. The summed E-state index contributed by atoms with van der Waals surface area (Å²) in [6.07, 6.45) is 10.9. The Morgan fingerprint density at radius 3 is 2.33 bits per heavy atom. The number of H-pyrrole nitrogens is 1. The number of carbonyl (C=O) groups excluding carboxylic acids is 1. The van der Waals surface area contributed by atoms with Crippen LogP contribution < -0.4 is 16.0 Å². The molecule has 2 unspecified atom stereocenters. The number of aromatic nitrogens is 3. The van der Waals surface area contributed by atoms with Crippen LogP contribution in [0.5, 0.6) is 0 Å². The Bertz CT molecular complexity index is 1700. The molecule has 2 N–H and O–H groups in total. The molecule has 4 aliphatic heterocycles. The molecule has 10 heteroatoms. The van der Waals surface area contributed by atoms with Gasteiger partial charge >= 0.3 is 6.18 Å². The summed E-state index contributed by atoms with van der Waals surface area (Å²) in [7, 11) is 0. The molecule has 0 aromatic carbocycles. The summed E-state index contributed by atoms with van der Waals surface area (Å²) in [6, 6.07) is 3.79. The topological polar surface area (TPSA) is 95.4 Å². The van der Waals surface area contributed by atoms with E-state index in [0.29, 0.717) is 28.5 Å². The van der Waals surface area contributed by atoms with Gasteiger partial charge in [-0.25, -0.2) is 15.0 Å². The third-order valence-electron chi connectivity index (χ3n) is 7.33. The number of hydrogen-bond donors (Lipinski definition) is 2. The van der Waals surface area contributed by atoms with Gasteiger partial charge < -0.3 is 10.3 Å². The average Bonchev–Trinajstić information content (AvgIpc) is 3.61. The molecule has 8 bridgehead atoms. The fraction of sp³-hybridized carbons (Fsp3) is 0.276. The predicted octanol–water partition coefficient (Wildman–Crippen LogP) is 3.26. The molecule has 7 nitrogen and oxygen atoms in total. The number of Topliss-reactive ketones (excluding diaryl/α,β-unsaturated/α-hetero) is 1. The van der Waals surface area contributed by atoms with E-state index in [9.17, 15) is 18.0 Å². The second kappa shape index (κ2) is 8.33. The minimum atomic E-state index is -4.62. The number of carbonyl (C=O) groups is 1. The second-order valence-corrected chi connectivity index (χ2v) is 10.7. The van der Waals surface area contributed by atoms with Gasteiger partial charge in [-0.15, -0.1) is 0 Å². The van der Waals surface area contributed by atoms with E-state index in [1.54, 1.807) is 57.5 Å². The standard InChI is InChI=1S/C29H25F3N6O/c1-17-33-14-18(15-34-17)27-9-8-22(37-27)11-21-5-4-19(35-21)10-20-6-7-23(36-20)12-28(16-29(30,31)32)25(39)26(2,3)24(13-27)38-28/h4-15,35,38H,16H2,1-3H3. The van der Waals surface area contributed by atoms with Gasteiger partial charge in [0.1, 0.15) is 16.9 Å². The summed E-state index contributed by atoms with van der Waals surface area (Å²) in [4.78, 5) is 35.3. The van der Waals surface area contributed by atoms with Crippen LogP contribution in [0.25, 0.3) is 12.2 Å². The Hall–Kier alpha value is -4.34. The Balaban J connectivity index is 1.64. The van der Waals surface area contributed by atoms with Crippen LogP contribution in [-0.2, 0) is 10.3 Å². The molecule has 1 fully saturated rings. The molecule has 2 atom stereocenters. The summed E-state index contributed by atoms with van der Waals surface area (Å²) < 4.78 is 42.0. The van der Waals surface area contributed by atoms with Gasteiger partial charge in [-0.2, -0.15) is 13.2 Å². The third-order valence-corrected chi connectivity index (χ3v) is 7.33. The van der Waals surface area contributed by atoms with Gasteiger partial charge in [0.25, 0.3) is 0 Å². The van der Waals surface area contributed by atoms with Crippen molar-refractivity contribution in [2.24, 2.45) is 15.4 Å². The van der Waals surface area contributed by atoms with Crippen molar-refractivity contribution in [1.29, 1.82) is 0 Å². The third kappa shape index (κ3) is 4.39. The van der Waals surface area contributed by atoms with Crippen molar-refractivity contribution in [3.8, 4) is 0 Å². The first-order valence-electron chi connectivity index (χ1n) is 12.5. The van der Waals surface area contributed by atoms with E-state index in [4.69, 9.17) is 4.99 Å². The lowest BCUT2D eigenvalue weighted by Crippen LogP contribution is -2.48. The zero-order valence-corrected chi connectivity index (χ0v) is 21.5. The summed E-state index contributed by atoms with van der Waals surface area (Å²) in [6.45, 7) is 5.01. The quantitative estimate of drug-likeness (QED) is 0.623. The van der Waals surface area contributed by atoms with Crippen molar-refractivity contribution in [1.82, 2.24) is 20.3 Å². The van der Waals surface area contributed by atoms with Crippen molar-refractivity contribution in [3.05, 3.63) is 94.5 Å². The highest BCUT2D eigenvalue weighted by atomic mass is 19.4. The van der Waals surface area contributed by atoms with Crippen molar-refractivity contribution in [3.63, 3.8) is 0 Å². The number of allylic oxidation sites excluding steroid dienone is 4. The maximum atomic E-state index is 14.0.